The van der Waals surface area contributed by atoms with E-state index in [0.717, 1.165) is 21.1 Å². The number of halogens is 1. The van der Waals surface area contributed by atoms with E-state index in [-0.39, 0.29) is 56.9 Å². The number of allylic oxidation sites excluding steroid dienone is 1. The molecule has 2 aromatic heterocycles. The number of carbonyl (C=O) groups excluding carboxylic acids is 7. The van der Waals surface area contributed by atoms with Crippen molar-refractivity contribution in [3.05, 3.63) is 126 Å². The fraction of sp³-hybridized carbons (Fsp3) is 0.458. The Labute approximate surface area is 454 Å². The van der Waals surface area contributed by atoms with Crippen molar-refractivity contribution in [3.8, 4) is 0 Å². The molecule has 1 saturated heterocycles. The minimum atomic E-state index is -1.36. The Balaban J connectivity index is 1.38. The van der Waals surface area contributed by atoms with Gasteiger partial charge < -0.3 is 40.5 Å². The lowest BCUT2D eigenvalue weighted by molar-refractivity contribution is -0.150. The molecule has 2 aliphatic heterocycles. The molecule has 7 amide bonds. The standard InChI is InChI=1S/C59H74FN9O7S/c1-11-59(7,8)69-33-40(42-17-14-15-18-47(42)69)32-46-57(75)67(10)49(27-35(2)3)54(72)63-45(30-39-22-25-43-51(31-39)77-34-61-43)52(70)62-37(6)56(74)66(9)48-19-13-12-16-26-68(58(48)76)50(28-36(4)5)55(73)64-44(53(71)65-46)29-38-20-23-41(60)24-21-38/h11-15,17-18,20-25,31,33-37,44-46,48-50H,1,16,19,26-30,32H2,2-10H3,(H,62,70)(H,63,72)(H,64,73)(H,65,71)/b13-12-/t37-,44-,45-,46-,48-,49-,50-/m0/s1. The van der Waals surface area contributed by atoms with E-state index in [4.69, 9.17) is 0 Å². The number of rotatable bonds is 12. The Hall–Kier alpha value is -7.21. The molecule has 0 radical (unpaired) electrons. The zero-order chi connectivity index (χ0) is 55.9. The quantitative estimate of drug-likeness (QED) is 0.100. The molecular formula is C59H74FN9O7S. The van der Waals surface area contributed by atoms with Crippen LogP contribution in [0, 0.1) is 17.7 Å². The van der Waals surface area contributed by atoms with E-state index in [1.807, 2.05) is 113 Å². The van der Waals surface area contributed by atoms with Gasteiger partial charge in [0.05, 0.1) is 21.3 Å². The lowest BCUT2D eigenvalue weighted by Crippen LogP contribution is -2.61. The van der Waals surface area contributed by atoms with E-state index >= 15 is 19.2 Å². The third kappa shape index (κ3) is 13.7. The van der Waals surface area contributed by atoms with E-state index in [1.165, 1.54) is 71.3 Å². The van der Waals surface area contributed by atoms with Crippen molar-refractivity contribution in [1.82, 2.24) is 45.5 Å². The number of nitrogens with one attached hydrogen (secondary N) is 4. The summed E-state index contributed by atoms with van der Waals surface area (Å²) < 4.78 is 17.3. The lowest BCUT2D eigenvalue weighted by Gasteiger charge is -2.38. The highest BCUT2D eigenvalue weighted by Crippen LogP contribution is 2.30. The highest BCUT2D eigenvalue weighted by atomic mass is 32.1. The molecule has 0 unspecified atom stereocenters. The zero-order valence-corrected chi connectivity index (χ0v) is 46.5. The van der Waals surface area contributed by atoms with Crippen LogP contribution in [0.1, 0.15) is 90.8 Å². The predicted octanol–water partition coefficient (Wildman–Crippen LogP) is 6.61. The van der Waals surface area contributed by atoms with E-state index < -0.39 is 95.0 Å². The monoisotopic (exact) mass is 1070 g/mol. The molecule has 5 aromatic rings. The number of benzene rings is 3. The molecule has 0 aliphatic carbocycles. The van der Waals surface area contributed by atoms with Crippen LogP contribution in [-0.4, -0.2) is 129 Å². The molecule has 16 nitrogen and oxygen atoms in total. The molecule has 4 heterocycles. The van der Waals surface area contributed by atoms with Crippen LogP contribution in [0.4, 0.5) is 4.39 Å². The van der Waals surface area contributed by atoms with Crippen molar-refractivity contribution in [2.75, 3.05) is 20.6 Å². The van der Waals surface area contributed by atoms with Crippen LogP contribution in [0.2, 0.25) is 0 Å². The molecular weight excluding hydrogens is 998 g/mol. The summed E-state index contributed by atoms with van der Waals surface area (Å²) in [7, 11) is 2.98. The van der Waals surface area contributed by atoms with E-state index in [1.54, 1.807) is 5.51 Å². The maximum atomic E-state index is 15.5. The molecule has 0 saturated carbocycles. The minimum absolute atomic E-state index is 0.00655. The maximum absolute atomic E-state index is 15.5. The molecule has 18 heteroatoms. The number of nitrogens with zero attached hydrogens (tertiary/aromatic N) is 5. The van der Waals surface area contributed by atoms with Gasteiger partial charge in [0.25, 0.3) is 0 Å². The average Bonchev–Trinajstić information content (AvgIpc) is 4.03. The van der Waals surface area contributed by atoms with Crippen molar-refractivity contribution in [2.24, 2.45) is 11.8 Å². The summed E-state index contributed by atoms with van der Waals surface area (Å²) in [6.45, 7) is 17.4. The first-order valence-electron chi connectivity index (χ1n) is 26.6. The van der Waals surface area contributed by atoms with Crippen molar-refractivity contribution < 1.29 is 38.0 Å². The molecule has 0 spiro atoms. The number of amides is 7. The third-order valence-electron chi connectivity index (χ3n) is 14.8. The van der Waals surface area contributed by atoms with Crippen LogP contribution in [-0.2, 0) is 58.4 Å². The van der Waals surface area contributed by atoms with Gasteiger partial charge in [-0.2, -0.15) is 0 Å². The van der Waals surface area contributed by atoms with Gasteiger partial charge in [0, 0.05) is 57.0 Å². The first-order chi connectivity index (χ1) is 36.6. The number of thiazole rings is 1. The van der Waals surface area contributed by atoms with Gasteiger partial charge in [0.1, 0.15) is 48.1 Å². The summed E-state index contributed by atoms with van der Waals surface area (Å²) in [6.07, 6.45) is 8.15. The summed E-state index contributed by atoms with van der Waals surface area (Å²) in [5, 5.41) is 12.6. The van der Waals surface area contributed by atoms with Crippen LogP contribution < -0.4 is 21.3 Å². The molecule has 2 bridgehead atoms. The number of hydrogen-bond acceptors (Lipinski definition) is 9. The van der Waals surface area contributed by atoms with Gasteiger partial charge in [0.2, 0.25) is 41.4 Å². The van der Waals surface area contributed by atoms with Gasteiger partial charge in [-0.25, -0.2) is 9.37 Å². The van der Waals surface area contributed by atoms with Crippen molar-refractivity contribution in [3.63, 3.8) is 0 Å². The fourth-order valence-electron chi connectivity index (χ4n) is 10.3. The number of hydrogen-bond donors (Lipinski definition) is 4. The summed E-state index contributed by atoms with van der Waals surface area (Å²) in [6, 6.07) is 10.3. The second kappa shape index (κ2) is 24.8. The summed E-state index contributed by atoms with van der Waals surface area (Å²) in [4.78, 5) is 114. The molecule has 77 heavy (non-hydrogen) atoms. The number of fused-ring (bicyclic) bond motifs is 4. The van der Waals surface area contributed by atoms with Crippen LogP contribution in [0.3, 0.4) is 0 Å². The first-order valence-corrected chi connectivity index (χ1v) is 27.4. The first kappa shape index (κ1) is 57.5. The highest BCUT2D eigenvalue weighted by molar-refractivity contribution is 7.16. The zero-order valence-electron chi connectivity index (χ0n) is 45.7. The maximum Gasteiger partial charge on any atom is 0.246 e. The van der Waals surface area contributed by atoms with E-state index in [0.29, 0.717) is 23.1 Å². The molecule has 1 fully saturated rings. The highest BCUT2D eigenvalue weighted by Gasteiger charge is 2.41. The molecule has 2 aliphatic rings. The molecule has 410 valence electrons. The second-order valence-electron chi connectivity index (χ2n) is 21.9. The van der Waals surface area contributed by atoms with Crippen LogP contribution in [0.15, 0.2) is 103 Å². The third-order valence-corrected chi connectivity index (χ3v) is 15.6. The average molecular weight is 1070 g/mol. The van der Waals surface area contributed by atoms with Crippen LogP contribution >= 0.6 is 11.3 Å². The molecule has 4 N–H and O–H groups in total. The topological polar surface area (TPSA) is 195 Å². The van der Waals surface area contributed by atoms with Gasteiger partial charge in [0.15, 0.2) is 0 Å². The number of likely N-dealkylation sites (N-methyl/N-ethyl adjacent to an activating group) is 2. The smallest absolute Gasteiger partial charge is 0.246 e. The largest absolute Gasteiger partial charge is 0.343 e. The number of para-hydroxylation sites is 1. The van der Waals surface area contributed by atoms with Crippen LogP contribution in [0.25, 0.3) is 21.1 Å². The van der Waals surface area contributed by atoms with Gasteiger partial charge >= 0.3 is 0 Å². The predicted molar refractivity (Wildman–Crippen MR) is 298 cm³/mol. The van der Waals surface area contributed by atoms with E-state index in [9.17, 15) is 18.8 Å². The van der Waals surface area contributed by atoms with Gasteiger partial charge in [-0.1, -0.05) is 82.3 Å². The Bertz CT molecular complexity index is 3020. The fourth-order valence-corrected chi connectivity index (χ4v) is 11.0. The number of aromatic nitrogens is 2. The Morgan fingerprint density at radius 3 is 2.01 bits per heavy atom. The van der Waals surface area contributed by atoms with Crippen molar-refractivity contribution >= 4 is 73.8 Å². The van der Waals surface area contributed by atoms with E-state index in [2.05, 4.69) is 32.8 Å². The SMILES string of the molecule is C=CC(C)(C)n1cc(C[C@@H]2NC(=O)[C@H](Cc3ccc(F)cc3)NC(=O)[C@H](CC(C)C)N3CC/C=C\C[C@@H](C3=O)N(C)C(=O)[C@H](C)NC(=O)[C@H](Cc3ccc4ncsc4c3)NC(=O)[C@H](CC(C)C)N(C)C2=O)c2ccccc21. The summed E-state index contributed by atoms with van der Waals surface area (Å²) >= 11 is 1.42. The lowest BCUT2D eigenvalue weighted by atomic mass is 9.97. The second-order valence-corrected chi connectivity index (χ2v) is 22.8. The summed E-state index contributed by atoms with van der Waals surface area (Å²) in [5.74, 6) is -5.17. The summed E-state index contributed by atoms with van der Waals surface area (Å²) in [5.41, 5.74) is 4.68. The molecule has 7 rings (SSSR count). The molecule has 7 atom stereocenters. The Morgan fingerprint density at radius 1 is 0.727 bits per heavy atom. The van der Waals surface area contributed by atoms with Crippen molar-refractivity contribution in [2.45, 2.75) is 141 Å². The van der Waals surface area contributed by atoms with Gasteiger partial charge in [-0.3, -0.25) is 33.6 Å². The normalized spacial score (nSPS) is 23.6. The molecule has 3 aromatic carbocycles. The Morgan fingerprint density at radius 2 is 1.34 bits per heavy atom. The van der Waals surface area contributed by atoms with Crippen LogP contribution in [0.5, 0.6) is 0 Å². The van der Waals surface area contributed by atoms with Crippen molar-refractivity contribution in [1.29, 1.82) is 0 Å². The van der Waals surface area contributed by atoms with Gasteiger partial charge in [-0.05, 0) is 105 Å². The van der Waals surface area contributed by atoms with Gasteiger partial charge in [-0.15, -0.1) is 17.9 Å². The number of carbonyl (C=O) groups is 7. The minimum Gasteiger partial charge on any atom is -0.343 e. The Kier molecular flexibility index (Phi) is 18.6.